The molecule has 1 fully saturated rings. The predicted molar refractivity (Wildman–Crippen MR) is 140 cm³/mol. The maximum Gasteiger partial charge on any atom is 0.158 e. The van der Waals surface area contributed by atoms with E-state index < -0.39 is 0 Å². The Kier molecular flexibility index (Phi) is 10.2. The number of thiazole rings is 1. The van der Waals surface area contributed by atoms with Crippen molar-refractivity contribution in [3.63, 3.8) is 0 Å². The van der Waals surface area contributed by atoms with Crippen LogP contribution >= 0.6 is 36.2 Å². The topological polar surface area (TPSA) is 53.0 Å². The van der Waals surface area contributed by atoms with Crippen molar-refractivity contribution in [2.45, 2.75) is 45.6 Å². The lowest BCUT2D eigenvalue weighted by Crippen LogP contribution is -2.55. The Morgan fingerprint density at radius 3 is 2.72 bits per heavy atom. The molecule has 3 heterocycles. The molecule has 0 radical (unpaired) electrons. The molecule has 2 aromatic rings. The molecule has 0 aliphatic carbocycles. The Hall–Kier alpha value is -1.38. The van der Waals surface area contributed by atoms with Crippen LogP contribution in [0.25, 0.3) is 0 Å². The molecule has 1 aromatic carbocycles. The number of ether oxygens (including phenoxy) is 1. The maximum absolute atomic E-state index is 5.41. The number of halogens is 2. The van der Waals surface area contributed by atoms with E-state index in [1.807, 2.05) is 0 Å². The molecular weight excluding hydrogens is 465 g/mol. The molecule has 2 aliphatic heterocycles. The zero-order valence-electron chi connectivity index (χ0n) is 19.3. The molecule has 1 unspecified atom stereocenters. The van der Waals surface area contributed by atoms with E-state index in [-0.39, 0.29) is 24.8 Å². The van der Waals surface area contributed by atoms with Gasteiger partial charge in [0.25, 0.3) is 0 Å². The Morgan fingerprint density at radius 2 is 2.00 bits per heavy atom. The average Bonchev–Trinajstić information content (AvgIpc) is 3.10. The van der Waals surface area contributed by atoms with Crippen LogP contribution in [0.2, 0.25) is 0 Å². The van der Waals surface area contributed by atoms with Crippen LogP contribution in [0.15, 0.2) is 29.3 Å². The van der Waals surface area contributed by atoms with Crippen LogP contribution in [0.4, 0.5) is 16.4 Å². The molecule has 1 aromatic heterocycles. The van der Waals surface area contributed by atoms with E-state index in [0.717, 1.165) is 72.1 Å². The first kappa shape index (κ1) is 26.9. The number of fused-ring (bicyclic) bond motifs is 2. The second-order valence-electron chi connectivity index (χ2n) is 8.38. The third kappa shape index (κ3) is 5.75. The summed E-state index contributed by atoms with van der Waals surface area (Å²) in [5.41, 5.74) is 3.02. The van der Waals surface area contributed by atoms with E-state index in [1.54, 1.807) is 18.4 Å². The highest BCUT2D eigenvalue weighted by Crippen LogP contribution is 2.39. The number of nitrogens with one attached hydrogen (secondary N) is 1. The quantitative estimate of drug-likeness (QED) is 0.553. The summed E-state index contributed by atoms with van der Waals surface area (Å²) < 4.78 is 5.41. The summed E-state index contributed by atoms with van der Waals surface area (Å²) in [5.74, 6) is 1.40. The molecule has 1 N–H and O–H groups in total. The average molecular weight is 501 g/mol. The number of aliphatic imine (C=N–C) groups is 1. The molecule has 0 saturated carbocycles. The molecule has 178 valence electrons. The number of para-hydroxylation sites is 2. The van der Waals surface area contributed by atoms with Gasteiger partial charge in [-0.2, -0.15) is 0 Å². The molecule has 32 heavy (non-hydrogen) atoms. The number of methoxy groups -OCH3 is 1. The van der Waals surface area contributed by atoms with Crippen molar-refractivity contribution in [2.75, 3.05) is 45.2 Å². The summed E-state index contributed by atoms with van der Waals surface area (Å²) in [6, 6.07) is 8.76. The molecule has 4 rings (SSSR count). The third-order valence-electron chi connectivity index (χ3n) is 5.80. The number of rotatable bonds is 6. The van der Waals surface area contributed by atoms with Crippen molar-refractivity contribution in [3.05, 3.63) is 35.0 Å². The third-order valence-corrected chi connectivity index (χ3v) is 7.07. The number of piperazine rings is 1. The molecule has 0 spiro atoms. The summed E-state index contributed by atoms with van der Waals surface area (Å²) in [7, 11) is 1.79. The van der Waals surface area contributed by atoms with Crippen LogP contribution in [0, 0.1) is 0 Å². The lowest BCUT2D eigenvalue weighted by molar-refractivity contribution is 0.0806. The first-order valence-electron chi connectivity index (χ1n) is 11.0. The van der Waals surface area contributed by atoms with Crippen molar-refractivity contribution in [2.24, 2.45) is 4.99 Å². The fourth-order valence-corrected chi connectivity index (χ4v) is 5.18. The first-order valence-corrected chi connectivity index (χ1v) is 11.9. The van der Waals surface area contributed by atoms with E-state index in [9.17, 15) is 0 Å². The Bertz CT molecular complexity index is 904. The van der Waals surface area contributed by atoms with Gasteiger partial charge in [0.15, 0.2) is 5.84 Å². The van der Waals surface area contributed by atoms with Crippen molar-refractivity contribution < 1.29 is 4.74 Å². The second kappa shape index (κ2) is 12.2. The van der Waals surface area contributed by atoms with E-state index >= 15 is 0 Å². The number of amidine groups is 1. The second-order valence-corrected chi connectivity index (χ2v) is 9.41. The van der Waals surface area contributed by atoms with Gasteiger partial charge in [0, 0.05) is 45.3 Å². The highest BCUT2D eigenvalue weighted by molar-refractivity contribution is 7.16. The summed E-state index contributed by atoms with van der Waals surface area (Å²) in [4.78, 5) is 15.2. The van der Waals surface area contributed by atoms with Gasteiger partial charge in [-0.05, 0) is 31.5 Å². The summed E-state index contributed by atoms with van der Waals surface area (Å²) in [5, 5.41) is 5.86. The number of hydrogen-bond acceptors (Lipinski definition) is 7. The fourth-order valence-electron chi connectivity index (χ4n) is 4.20. The van der Waals surface area contributed by atoms with Crippen molar-refractivity contribution in [3.8, 4) is 0 Å². The number of hydrogen-bond donors (Lipinski definition) is 1. The normalized spacial score (nSPS) is 18.0. The minimum absolute atomic E-state index is 0. The zero-order chi connectivity index (χ0) is 21.1. The van der Waals surface area contributed by atoms with Crippen LogP contribution in [0.5, 0.6) is 0 Å². The monoisotopic (exact) mass is 499 g/mol. The first-order chi connectivity index (χ1) is 14.6. The molecule has 1 atom stereocenters. The van der Waals surface area contributed by atoms with Gasteiger partial charge in [0.05, 0.1) is 16.4 Å². The Morgan fingerprint density at radius 1 is 1.22 bits per heavy atom. The number of benzene rings is 1. The highest BCUT2D eigenvalue weighted by atomic mass is 35.5. The van der Waals surface area contributed by atoms with Gasteiger partial charge in [-0.1, -0.05) is 32.9 Å². The molecule has 2 aliphatic rings. The minimum Gasteiger partial charge on any atom is -0.385 e. The van der Waals surface area contributed by atoms with Crippen molar-refractivity contribution >= 4 is 58.4 Å². The van der Waals surface area contributed by atoms with E-state index in [2.05, 4.69) is 60.2 Å². The van der Waals surface area contributed by atoms with Crippen LogP contribution in [0.3, 0.4) is 0 Å². The van der Waals surface area contributed by atoms with Gasteiger partial charge in [-0.25, -0.2) is 9.98 Å². The van der Waals surface area contributed by atoms with Gasteiger partial charge in [-0.15, -0.1) is 36.2 Å². The number of nitrogens with zero attached hydrogens (tertiary/aromatic N) is 4. The van der Waals surface area contributed by atoms with Crippen LogP contribution < -0.4 is 5.32 Å². The van der Waals surface area contributed by atoms with E-state index in [1.165, 1.54) is 6.42 Å². The SMILES string of the molecule is CCCN1CCN(C2=Nc3ccccc3Nc3sc(C(C)C)nc32)CC1CCOC.Cl.Cl. The van der Waals surface area contributed by atoms with Gasteiger partial charge in [-0.3, -0.25) is 4.90 Å². The maximum atomic E-state index is 5.41. The smallest absolute Gasteiger partial charge is 0.158 e. The van der Waals surface area contributed by atoms with Crippen molar-refractivity contribution in [1.82, 2.24) is 14.8 Å². The Labute approximate surface area is 208 Å². The molecule has 0 amide bonds. The minimum atomic E-state index is 0. The molecule has 6 nitrogen and oxygen atoms in total. The lowest BCUT2D eigenvalue weighted by atomic mass is 10.1. The number of anilines is 2. The molecule has 1 saturated heterocycles. The summed E-state index contributed by atoms with van der Waals surface area (Å²) in [6.07, 6.45) is 2.21. The molecular formula is C23H35Cl2N5OS. The highest BCUT2D eigenvalue weighted by Gasteiger charge is 2.32. The van der Waals surface area contributed by atoms with E-state index in [4.69, 9.17) is 14.7 Å². The number of aromatic nitrogens is 1. The Balaban J connectivity index is 0.00000181. The standard InChI is InChI=1S/C23H33N5OS.2ClH/c1-5-11-27-12-13-28(15-17(27)10-14-29-4)21-20-23(30-22(26-20)16(2)3)25-19-9-7-6-8-18(19)24-21;;/h6-9,16-17,25H,5,10-15H2,1-4H3;2*1H. The summed E-state index contributed by atoms with van der Waals surface area (Å²) in [6.45, 7) is 11.6. The van der Waals surface area contributed by atoms with Crippen LogP contribution in [-0.4, -0.2) is 66.6 Å². The molecule has 9 heteroatoms. The van der Waals surface area contributed by atoms with Crippen LogP contribution in [0.1, 0.15) is 50.2 Å². The van der Waals surface area contributed by atoms with Gasteiger partial charge in [0.1, 0.15) is 10.7 Å². The fraction of sp³-hybridized carbons (Fsp3) is 0.565. The van der Waals surface area contributed by atoms with E-state index in [0.29, 0.717) is 12.0 Å². The largest absolute Gasteiger partial charge is 0.385 e. The lowest BCUT2D eigenvalue weighted by Gasteiger charge is -2.42. The molecule has 0 bridgehead atoms. The predicted octanol–water partition coefficient (Wildman–Crippen LogP) is 5.68. The van der Waals surface area contributed by atoms with Gasteiger partial charge in [0.2, 0.25) is 0 Å². The summed E-state index contributed by atoms with van der Waals surface area (Å²) >= 11 is 1.75. The zero-order valence-corrected chi connectivity index (χ0v) is 21.8. The van der Waals surface area contributed by atoms with Crippen LogP contribution in [-0.2, 0) is 4.74 Å². The van der Waals surface area contributed by atoms with Crippen molar-refractivity contribution in [1.29, 1.82) is 0 Å². The van der Waals surface area contributed by atoms with Gasteiger partial charge < -0.3 is 15.0 Å². The van der Waals surface area contributed by atoms with Gasteiger partial charge >= 0.3 is 0 Å².